The first-order valence-electron chi connectivity index (χ1n) is 3.86. The Kier molecular flexibility index (Phi) is 3.33. The van der Waals surface area contributed by atoms with E-state index in [1.807, 2.05) is 0 Å². The number of nitrogens with one attached hydrogen (secondary N) is 1. The molecule has 1 rings (SSSR count). The quantitative estimate of drug-likeness (QED) is 0.777. The number of halogens is 1. The van der Waals surface area contributed by atoms with Crippen LogP contribution >= 0.6 is 11.6 Å². The molecule has 0 fully saturated rings. The van der Waals surface area contributed by atoms with Gasteiger partial charge in [-0.25, -0.2) is 13.4 Å². The third-order valence-electron chi connectivity index (χ3n) is 1.52. The van der Waals surface area contributed by atoms with Gasteiger partial charge in [-0.1, -0.05) is 0 Å². The summed E-state index contributed by atoms with van der Waals surface area (Å²) in [4.78, 5) is 6.44. The molecule has 0 radical (unpaired) electrons. The molecule has 0 aliphatic rings. The van der Waals surface area contributed by atoms with Crippen molar-refractivity contribution < 1.29 is 8.42 Å². The van der Waals surface area contributed by atoms with E-state index < -0.39 is 9.84 Å². The average molecular weight is 223 g/mol. The van der Waals surface area contributed by atoms with Crippen molar-refractivity contribution in [2.75, 3.05) is 11.6 Å². The highest BCUT2D eigenvalue weighted by Crippen LogP contribution is 2.07. The summed E-state index contributed by atoms with van der Waals surface area (Å²) in [5.41, 5.74) is 0.740. The number of hydrogen-bond donors (Lipinski definition) is 1. The first-order chi connectivity index (χ1) is 6.06. The van der Waals surface area contributed by atoms with Crippen LogP contribution in [0.5, 0.6) is 0 Å². The van der Waals surface area contributed by atoms with Crippen molar-refractivity contribution in [3.8, 4) is 0 Å². The van der Waals surface area contributed by atoms with Gasteiger partial charge in [-0.05, 0) is 13.3 Å². The van der Waals surface area contributed by atoms with Crippen LogP contribution in [0.4, 0.5) is 0 Å². The first-order valence-corrected chi connectivity index (χ1v) is 6.05. The van der Waals surface area contributed by atoms with Gasteiger partial charge in [-0.2, -0.15) is 0 Å². The Morgan fingerprint density at radius 3 is 2.77 bits per heavy atom. The van der Waals surface area contributed by atoms with E-state index in [1.165, 1.54) is 6.20 Å². The molecule has 0 aromatic carbocycles. The van der Waals surface area contributed by atoms with E-state index in [-0.39, 0.29) is 10.9 Å². The third-order valence-corrected chi connectivity index (χ3v) is 3.41. The monoisotopic (exact) mass is 222 g/mol. The Morgan fingerprint density at radius 1 is 1.62 bits per heavy atom. The van der Waals surface area contributed by atoms with Crippen molar-refractivity contribution in [2.45, 2.75) is 18.5 Å². The van der Waals surface area contributed by atoms with Gasteiger partial charge in [0.05, 0.1) is 5.75 Å². The number of rotatable bonds is 4. The van der Waals surface area contributed by atoms with Crippen LogP contribution in [-0.2, 0) is 9.84 Å². The van der Waals surface area contributed by atoms with Gasteiger partial charge < -0.3 is 4.98 Å². The maximum atomic E-state index is 11.5. The number of sulfone groups is 1. The second kappa shape index (κ2) is 4.11. The minimum Gasteiger partial charge on any atom is -0.333 e. The van der Waals surface area contributed by atoms with Gasteiger partial charge in [0, 0.05) is 17.8 Å². The van der Waals surface area contributed by atoms with Crippen LogP contribution in [0.1, 0.15) is 12.1 Å². The Hall–Kier alpha value is -0.550. The average Bonchev–Trinajstić information content (AvgIpc) is 2.49. The fourth-order valence-corrected chi connectivity index (χ4v) is 2.43. The molecule has 0 saturated heterocycles. The number of imidazole rings is 1. The van der Waals surface area contributed by atoms with Crippen LogP contribution in [0.2, 0.25) is 0 Å². The van der Waals surface area contributed by atoms with Crippen LogP contribution in [0, 0.1) is 6.92 Å². The normalized spacial score (nSPS) is 11.8. The Morgan fingerprint density at radius 2 is 2.31 bits per heavy atom. The lowest BCUT2D eigenvalue weighted by Crippen LogP contribution is -2.09. The zero-order valence-electron chi connectivity index (χ0n) is 7.25. The van der Waals surface area contributed by atoms with E-state index >= 15 is 0 Å². The van der Waals surface area contributed by atoms with Crippen molar-refractivity contribution in [1.82, 2.24) is 9.97 Å². The molecule has 74 valence electrons. The molecule has 1 heterocycles. The van der Waals surface area contributed by atoms with E-state index in [1.54, 1.807) is 6.92 Å². The maximum absolute atomic E-state index is 11.5. The molecule has 6 heteroatoms. The molecule has 4 nitrogen and oxygen atoms in total. The molecule has 0 aliphatic carbocycles. The van der Waals surface area contributed by atoms with Gasteiger partial charge in [0.1, 0.15) is 0 Å². The van der Waals surface area contributed by atoms with Gasteiger partial charge >= 0.3 is 0 Å². The van der Waals surface area contributed by atoms with Crippen molar-refractivity contribution in [3.63, 3.8) is 0 Å². The summed E-state index contributed by atoms with van der Waals surface area (Å²) in [5.74, 6) is 0.391. The van der Waals surface area contributed by atoms with Crippen LogP contribution in [0.3, 0.4) is 0 Å². The zero-order chi connectivity index (χ0) is 9.90. The van der Waals surface area contributed by atoms with E-state index in [2.05, 4.69) is 9.97 Å². The number of H-pyrrole nitrogens is 1. The fraction of sp³-hybridized carbons (Fsp3) is 0.571. The number of alkyl halides is 1. The molecule has 0 aliphatic heterocycles. The molecule has 1 aromatic heterocycles. The van der Waals surface area contributed by atoms with Crippen molar-refractivity contribution in [1.29, 1.82) is 0 Å². The smallest absolute Gasteiger partial charge is 0.225 e. The summed E-state index contributed by atoms with van der Waals surface area (Å²) in [6, 6.07) is 0. The van der Waals surface area contributed by atoms with Gasteiger partial charge in [0.2, 0.25) is 15.0 Å². The van der Waals surface area contributed by atoms with Gasteiger partial charge in [-0.3, -0.25) is 0 Å². The van der Waals surface area contributed by atoms with E-state index in [4.69, 9.17) is 11.6 Å². The van der Waals surface area contributed by atoms with E-state index in [0.29, 0.717) is 12.3 Å². The van der Waals surface area contributed by atoms with E-state index in [0.717, 1.165) is 5.69 Å². The van der Waals surface area contributed by atoms with Crippen LogP contribution < -0.4 is 0 Å². The Bertz CT molecular complexity index is 372. The standard InChI is InChI=1S/C7H11ClN2O2S/c1-6-5-9-7(10-6)13(11,12)4-2-3-8/h5H,2-4H2,1H3,(H,9,10). The van der Waals surface area contributed by atoms with E-state index in [9.17, 15) is 8.42 Å². The van der Waals surface area contributed by atoms with Crippen LogP contribution in [0.15, 0.2) is 11.4 Å². The highest BCUT2D eigenvalue weighted by molar-refractivity contribution is 7.91. The summed E-state index contributed by atoms with van der Waals surface area (Å²) >= 11 is 5.41. The van der Waals surface area contributed by atoms with Gasteiger partial charge in [0.15, 0.2) is 0 Å². The van der Waals surface area contributed by atoms with Crippen molar-refractivity contribution >= 4 is 21.4 Å². The molecule has 13 heavy (non-hydrogen) atoms. The molecule has 1 N–H and O–H groups in total. The summed E-state index contributed by atoms with van der Waals surface area (Å²) in [6.45, 7) is 1.76. The molecule has 0 amide bonds. The zero-order valence-corrected chi connectivity index (χ0v) is 8.82. The van der Waals surface area contributed by atoms with Crippen molar-refractivity contribution in [3.05, 3.63) is 11.9 Å². The number of aryl methyl sites for hydroxylation is 1. The lowest BCUT2D eigenvalue weighted by molar-refractivity contribution is 0.587. The highest BCUT2D eigenvalue weighted by atomic mass is 35.5. The number of nitrogens with zero attached hydrogens (tertiary/aromatic N) is 1. The highest BCUT2D eigenvalue weighted by Gasteiger charge is 2.16. The first kappa shape index (κ1) is 10.5. The summed E-state index contributed by atoms with van der Waals surface area (Å²) < 4.78 is 22.9. The number of hydrogen-bond acceptors (Lipinski definition) is 3. The molecular weight excluding hydrogens is 212 g/mol. The summed E-state index contributed by atoms with van der Waals surface area (Å²) in [6.07, 6.45) is 1.94. The predicted octanol–water partition coefficient (Wildman–Crippen LogP) is 1.12. The predicted molar refractivity (Wildman–Crippen MR) is 50.7 cm³/mol. The molecule has 0 saturated carbocycles. The molecular formula is C7H11ClN2O2S. The van der Waals surface area contributed by atoms with Gasteiger partial charge in [-0.15, -0.1) is 11.6 Å². The molecule has 0 bridgehead atoms. The number of aromatic nitrogens is 2. The van der Waals surface area contributed by atoms with Crippen LogP contribution in [-0.4, -0.2) is 30.0 Å². The SMILES string of the molecule is Cc1cnc(S(=O)(=O)CCCCl)[nH]1. The Labute approximate surface area is 82.2 Å². The lowest BCUT2D eigenvalue weighted by Gasteiger charge is -1.97. The Balaban J connectivity index is 2.82. The van der Waals surface area contributed by atoms with Gasteiger partial charge in [0.25, 0.3) is 0 Å². The van der Waals surface area contributed by atoms with Crippen molar-refractivity contribution in [2.24, 2.45) is 0 Å². The number of aromatic amines is 1. The third kappa shape index (κ3) is 2.70. The second-order valence-corrected chi connectivity index (χ2v) is 5.14. The second-order valence-electron chi connectivity index (χ2n) is 2.73. The topological polar surface area (TPSA) is 62.8 Å². The molecule has 0 atom stereocenters. The summed E-state index contributed by atoms with van der Waals surface area (Å²) in [7, 11) is -3.25. The molecule has 0 spiro atoms. The van der Waals surface area contributed by atoms with Crippen LogP contribution in [0.25, 0.3) is 0 Å². The molecule has 0 unspecified atom stereocenters. The summed E-state index contributed by atoms with van der Waals surface area (Å²) in [5, 5.41) is 0.0371. The fourth-order valence-electron chi connectivity index (χ4n) is 0.888. The lowest BCUT2D eigenvalue weighted by atomic mass is 10.6. The maximum Gasteiger partial charge on any atom is 0.225 e. The minimum atomic E-state index is -3.25. The molecule has 1 aromatic rings. The minimum absolute atomic E-state index is 0.0371. The largest absolute Gasteiger partial charge is 0.333 e.